The van der Waals surface area contributed by atoms with Gasteiger partial charge < -0.3 is 14.6 Å². The van der Waals surface area contributed by atoms with E-state index in [0.717, 1.165) is 42.2 Å². The number of fused-ring (bicyclic) bond motifs is 1. The van der Waals surface area contributed by atoms with Gasteiger partial charge in [-0.3, -0.25) is 0 Å². The third-order valence-corrected chi connectivity index (χ3v) is 3.34. The minimum Gasteiger partial charge on any atom is -0.497 e. The highest BCUT2D eigenvalue weighted by Crippen LogP contribution is 2.22. The number of benzene rings is 1. The van der Waals surface area contributed by atoms with Crippen molar-refractivity contribution in [3.8, 4) is 5.75 Å². The first-order valence-electron chi connectivity index (χ1n) is 6.15. The number of aromatic nitrogens is 2. The van der Waals surface area contributed by atoms with Crippen molar-refractivity contribution in [1.29, 1.82) is 0 Å². The van der Waals surface area contributed by atoms with Gasteiger partial charge in [0, 0.05) is 25.7 Å². The summed E-state index contributed by atoms with van der Waals surface area (Å²) in [6.45, 7) is 2.84. The van der Waals surface area contributed by atoms with Crippen molar-refractivity contribution in [2.45, 2.75) is 6.04 Å². The van der Waals surface area contributed by atoms with Crippen LogP contribution in [0, 0.1) is 0 Å². The zero-order valence-electron chi connectivity index (χ0n) is 10.7. The second-order valence-corrected chi connectivity index (χ2v) is 4.69. The van der Waals surface area contributed by atoms with Gasteiger partial charge in [-0.2, -0.15) is 0 Å². The topological polar surface area (TPSA) is 55.2 Å². The van der Waals surface area contributed by atoms with Gasteiger partial charge in [0.1, 0.15) is 11.6 Å². The molecule has 1 radical (unpaired) electrons. The van der Waals surface area contributed by atoms with Crippen LogP contribution in [-0.4, -0.2) is 48.7 Å². The average Bonchev–Trinajstić information content (AvgIpc) is 2.81. The van der Waals surface area contributed by atoms with Crippen LogP contribution < -0.4 is 10.1 Å². The summed E-state index contributed by atoms with van der Waals surface area (Å²) in [5.41, 5.74) is 1.97. The molecular formula is C13H17N4O. The number of likely N-dealkylation sites (N-methyl/N-ethyl adjacent to an activating group) is 1. The van der Waals surface area contributed by atoms with Crippen LogP contribution in [0.4, 0.5) is 0 Å². The summed E-state index contributed by atoms with van der Waals surface area (Å²) >= 11 is 0. The maximum Gasteiger partial charge on any atom is 0.127 e. The quantitative estimate of drug-likeness (QED) is 0.864. The van der Waals surface area contributed by atoms with Crippen molar-refractivity contribution in [1.82, 2.24) is 20.2 Å². The monoisotopic (exact) mass is 245 g/mol. The number of aromatic amines is 1. The Labute approximate surface area is 106 Å². The van der Waals surface area contributed by atoms with Gasteiger partial charge in [0.2, 0.25) is 0 Å². The van der Waals surface area contributed by atoms with E-state index in [1.165, 1.54) is 0 Å². The minimum absolute atomic E-state index is 0.155. The predicted molar refractivity (Wildman–Crippen MR) is 69.9 cm³/mol. The molecule has 0 aliphatic carbocycles. The summed E-state index contributed by atoms with van der Waals surface area (Å²) in [4.78, 5) is 10.3. The summed E-state index contributed by atoms with van der Waals surface area (Å²) < 4.78 is 5.21. The number of imidazole rings is 1. The Bertz CT molecular complexity index is 551. The molecule has 0 bridgehead atoms. The zero-order chi connectivity index (χ0) is 12.5. The molecule has 1 atom stereocenters. The maximum absolute atomic E-state index is 5.21. The maximum atomic E-state index is 5.21. The first-order chi connectivity index (χ1) is 8.76. The molecule has 1 N–H and O–H groups in total. The lowest BCUT2D eigenvalue weighted by Crippen LogP contribution is -2.40. The summed E-state index contributed by atoms with van der Waals surface area (Å²) in [5, 5.41) is 4.62. The van der Waals surface area contributed by atoms with Gasteiger partial charge in [-0.1, -0.05) is 0 Å². The lowest BCUT2D eigenvalue weighted by molar-refractivity contribution is 0.232. The number of piperazine rings is 1. The van der Waals surface area contributed by atoms with Gasteiger partial charge in [0.25, 0.3) is 0 Å². The summed E-state index contributed by atoms with van der Waals surface area (Å²) in [6, 6.07) is 6.04. The van der Waals surface area contributed by atoms with Gasteiger partial charge in [-0.15, -0.1) is 0 Å². The van der Waals surface area contributed by atoms with Crippen LogP contribution in [0.3, 0.4) is 0 Å². The van der Waals surface area contributed by atoms with Gasteiger partial charge in [0.15, 0.2) is 0 Å². The summed E-state index contributed by atoms with van der Waals surface area (Å²) in [5.74, 6) is 1.78. The molecule has 5 heteroatoms. The minimum atomic E-state index is 0.155. The lowest BCUT2D eigenvalue weighted by Gasteiger charge is -2.28. The smallest absolute Gasteiger partial charge is 0.127 e. The van der Waals surface area contributed by atoms with Crippen LogP contribution in [0.1, 0.15) is 11.9 Å². The fraction of sp³-hybridized carbons (Fsp3) is 0.462. The van der Waals surface area contributed by atoms with Crippen LogP contribution in [0.5, 0.6) is 5.75 Å². The molecule has 1 aromatic heterocycles. The molecule has 18 heavy (non-hydrogen) atoms. The van der Waals surface area contributed by atoms with Crippen LogP contribution in [0.15, 0.2) is 18.2 Å². The molecule has 0 spiro atoms. The highest BCUT2D eigenvalue weighted by Gasteiger charge is 2.22. The SMILES string of the molecule is COc1ccc2[nH]c(C3CN(C)CC[N]3)nc2c1. The fourth-order valence-corrected chi connectivity index (χ4v) is 2.29. The van der Waals surface area contributed by atoms with E-state index in [4.69, 9.17) is 4.74 Å². The van der Waals surface area contributed by atoms with Crippen LogP contribution >= 0.6 is 0 Å². The predicted octanol–water partition coefficient (Wildman–Crippen LogP) is 1.16. The van der Waals surface area contributed by atoms with Crippen molar-refractivity contribution in [3.05, 3.63) is 24.0 Å². The Morgan fingerprint density at radius 3 is 3.11 bits per heavy atom. The summed E-state index contributed by atoms with van der Waals surface area (Å²) in [6.07, 6.45) is 0. The van der Waals surface area contributed by atoms with Gasteiger partial charge in [-0.25, -0.2) is 10.3 Å². The fourth-order valence-electron chi connectivity index (χ4n) is 2.29. The number of nitrogens with one attached hydrogen (secondary N) is 1. The van der Waals surface area contributed by atoms with Gasteiger partial charge >= 0.3 is 0 Å². The molecule has 1 saturated heterocycles. The number of hydrogen-bond donors (Lipinski definition) is 1. The van der Waals surface area contributed by atoms with E-state index >= 15 is 0 Å². The second-order valence-electron chi connectivity index (χ2n) is 4.69. The second kappa shape index (κ2) is 4.59. The third kappa shape index (κ3) is 2.07. The lowest BCUT2D eigenvalue weighted by atomic mass is 10.2. The van der Waals surface area contributed by atoms with Crippen LogP contribution in [0.2, 0.25) is 0 Å². The molecule has 2 heterocycles. The van der Waals surface area contributed by atoms with Gasteiger partial charge in [0.05, 0.1) is 24.2 Å². The third-order valence-electron chi connectivity index (χ3n) is 3.34. The Balaban J connectivity index is 1.92. The first-order valence-corrected chi connectivity index (χ1v) is 6.15. The molecular weight excluding hydrogens is 228 g/mol. The molecule has 1 aliphatic rings. The number of methoxy groups -OCH3 is 1. The van der Waals surface area contributed by atoms with Gasteiger partial charge in [-0.05, 0) is 19.2 Å². The molecule has 1 unspecified atom stereocenters. The van der Waals surface area contributed by atoms with E-state index < -0.39 is 0 Å². The number of H-pyrrole nitrogens is 1. The van der Waals surface area contributed by atoms with Crippen LogP contribution in [-0.2, 0) is 0 Å². The number of rotatable bonds is 2. The van der Waals surface area contributed by atoms with E-state index in [2.05, 4.69) is 27.2 Å². The molecule has 5 nitrogen and oxygen atoms in total. The molecule has 1 aromatic carbocycles. The Hall–Kier alpha value is -1.59. The Morgan fingerprint density at radius 1 is 1.44 bits per heavy atom. The molecule has 95 valence electrons. The van der Waals surface area contributed by atoms with E-state index in [9.17, 15) is 0 Å². The van der Waals surface area contributed by atoms with E-state index in [1.807, 2.05) is 18.2 Å². The number of hydrogen-bond acceptors (Lipinski definition) is 3. The van der Waals surface area contributed by atoms with Crippen molar-refractivity contribution >= 4 is 11.0 Å². The van der Waals surface area contributed by atoms with E-state index in [-0.39, 0.29) is 6.04 Å². The molecule has 0 saturated carbocycles. The molecule has 1 fully saturated rings. The molecule has 3 rings (SSSR count). The first kappa shape index (κ1) is 11.5. The Kier molecular flexibility index (Phi) is 2.93. The highest BCUT2D eigenvalue weighted by molar-refractivity contribution is 5.76. The number of ether oxygens (including phenoxy) is 1. The Morgan fingerprint density at radius 2 is 2.33 bits per heavy atom. The highest BCUT2D eigenvalue weighted by atomic mass is 16.5. The average molecular weight is 245 g/mol. The zero-order valence-corrected chi connectivity index (χ0v) is 10.7. The van der Waals surface area contributed by atoms with E-state index in [1.54, 1.807) is 7.11 Å². The van der Waals surface area contributed by atoms with Crippen molar-refractivity contribution < 1.29 is 4.74 Å². The normalized spacial score (nSPS) is 21.3. The van der Waals surface area contributed by atoms with Crippen molar-refractivity contribution in [3.63, 3.8) is 0 Å². The molecule has 1 aliphatic heterocycles. The van der Waals surface area contributed by atoms with Crippen molar-refractivity contribution in [2.75, 3.05) is 33.8 Å². The summed E-state index contributed by atoms with van der Waals surface area (Å²) in [7, 11) is 3.79. The molecule has 2 aromatic rings. The molecule has 0 amide bonds. The van der Waals surface area contributed by atoms with E-state index in [0.29, 0.717) is 0 Å². The van der Waals surface area contributed by atoms with Crippen molar-refractivity contribution in [2.24, 2.45) is 0 Å². The van der Waals surface area contributed by atoms with Crippen LogP contribution in [0.25, 0.3) is 11.0 Å². The largest absolute Gasteiger partial charge is 0.497 e. The number of nitrogens with zero attached hydrogens (tertiary/aromatic N) is 3. The standard InChI is InChI=1S/C13H17N4O/c1-17-6-5-14-12(8-17)13-15-10-4-3-9(18-2)7-11(10)16-13/h3-4,7,12H,5-6,8H2,1-2H3,(H,15,16).